The molecule has 220 valence electrons. The van der Waals surface area contributed by atoms with Gasteiger partial charge in [-0.1, -0.05) is 26.2 Å². The molecule has 4 aromatic carbocycles. The molecule has 2 aliphatic heterocycles. The number of fused-ring (bicyclic) bond motifs is 4. The van der Waals surface area contributed by atoms with Gasteiger partial charge in [0, 0.05) is 57.5 Å². The van der Waals surface area contributed by atoms with Gasteiger partial charge in [-0.25, -0.2) is 0 Å². The van der Waals surface area contributed by atoms with E-state index in [1.54, 1.807) is 0 Å². The molecule has 2 heterocycles. The molecule has 42 heavy (non-hydrogen) atoms. The van der Waals surface area contributed by atoms with Crippen LogP contribution in [0.4, 0.5) is 68.2 Å². The molecule has 2 aliphatic rings. The summed E-state index contributed by atoms with van der Waals surface area (Å²) in [7, 11) is 8.21. The third-order valence-corrected chi connectivity index (χ3v) is 7.71. The molecule has 6 rings (SSSR count). The third kappa shape index (κ3) is 6.28. The van der Waals surface area contributed by atoms with E-state index >= 15 is 0 Å². The van der Waals surface area contributed by atoms with Crippen LogP contribution in [0, 0.1) is 0 Å². The summed E-state index contributed by atoms with van der Waals surface area (Å²) >= 11 is 0. The molecule has 7 N–H and O–H groups in total. The Kier molecular flexibility index (Phi) is 8.52. The van der Waals surface area contributed by atoms with Crippen LogP contribution in [-0.2, 0) is 0 Å². The number of nitrogens with two attached hydrogens (primary N) is 2. The molecule has 0 amide bonds. The highest BCUT2D eigenvalue weighted by Crippen LogP contribution is 2.45. The van der Waals surface area contributed by atoms with Crippen LogP contribution in [0.5, 0.6) is 0 Å². The topological polar surface area (TPSA) is 97.8 Å². The standard InChI is InChI=1S/C18H24N4.C16H20N4/c1-2-3-4-5-10-22-17-11-13(19)6-8-15(17)21-16-9-7-14(20)12-18(16)22;1-19(2)11-5-7-13-15(9-11)18-16-10-12(20(3)4)6-8-14(16)17-13/h6-9,11-12,21H,2-5,10,19-20H2,1H3;5-10,17-18H,1-4H3. The van der Waals surface area contributed by atoms with E-state index in [2.05, 4.69) is 102 Å². The maximum absolute atomic E-state index is 5.99. The lowest BCUT2D eigenvalue weighted by Gasteiger charge is -2.34. The second-order valence-electron chi connectivity index (χ2n) is 11.4. The smallest absolute Gasteiger partial charge is 0.0671 e. The Morgan fingerprint density at radius 3 is 1.48 bits per heavy atom. The number of rotatable bonds is 7. The highest BCUT2D eigenvalue weighted by atomic mass is 15.2. The number of benzene rings is 4. The van der Waals surface area contributed by atoms with E-state index in [-0.39, 0.29) is 0 Å². The first kappa shape index (κ1) is 28.8. The number of anilines is 12. The van der Waals surface area contributed by atoms with Crippen molar-refractivity contribution in [3.8, 4) is 0 Å². The van der Waals surface area contributed by atoms with Gasteiger partial charge < -0.3 is 42.1 Å². The zero-order valence-corrected chi connectivity index (χ0v) is 25.5. The highest BCUT2D eigenvalue weighted by Gasteiger charge is 2.22. The second kappa shape index (κ2) is 12.4. The molecule has 0 aliphatic carbocycles. The fourth-order valence-electron chi connectivity index (χ4n) is 5.30. The van der Waals surface area contributed by atoms with Gasteiger partial charge in [0.25, 0.3) is 0 Å². The van der Waals surface area contributed by atoms with Crippen molar-refractivity contribution in [3.63, 3.8) is 0 Å². The minimum atomic E-state index is 0.784. The van der Waals surface area contributed by atoms with E-state index in [1.165, 1.54) is 30.6 Å². The van der Waals surface area contributed by atoms with Crippen molar-refractivity contribution >= 4 is 68.2 Å². The molecular formula is C34H44N8. The molecule has 8 nitrogen and oxygen atoms in total. The molecule has 0 unspecified atom stereocenters. The minimum absolute atomic E-state index is 0.784. The first-order valence-corrected chi connectivity index (χ1v) is 14.7. The van der Waals surface area contributed by atoms with Crippen LogP contribution in [0.25, 0.3) is 0 Å². The Labute approximate surface area is 250 Å². The first-order chi connectivity index (χ1) is 20.2. The number of nitrogens with zero attached hydrogens (tertiary/aromatic N) is 3. The van der Waals surface area contributed by atoms with Crippen LogP contribution in [-0.4, -0.2) is 34.7 Å². The lowest BCUT2D eigenvalue weighted by atomic mass is 10.1. The molecule has 0 atom stereocenters. The summed E-state index contributed by atoms with van der Waals surface area (Å²) in [4.78, 5) is 6.55. The van der Waals surface area contributed by atoms with E-state index < -0.39 is 0 Å². The summed E-state index contributed by atoms with van der Waals surface area (Å²) in [6.45, 7) is 3.21. The predicted molar refractivity (Wildman–Crippen MR) is 184 cm³/mol. The monoisotopic (exact) mass is 564 g/mol. The van der Waals surface area contributed by atoms with E-state index in [0.29, 0.717) is 0 Å². The Balaban J connectivity index is 0.000000169. The summed E-state index contributed by atoms with van der Waals surface area (Å²) in [5.74, 6) is 0. The largest absolute Gasteiger partial charge is 0.399 e. The predicted octanol–water partition coefficient (Wildman–Crippen LogP) is 8.25. The lowest BCUT2D eigenvalue weighted by molar-refractivity contribution is 0.668. The summed E-state index contributed by atoms with van der Waals surface area (Å²) in [6.07, 6.45) is 4.93. The van der Waals surface area contributed by atoms with Gasteiger partial charge in [-0.05, 0) is 79.2 Å². The van der Waals surface area contributed by atoms with Gasteiger partial charge in [-0.3, -0.25) is 0 Å². The SMILES string of the molecule is CCCCCCN1c2cc(N)ccc2Nc2ccc(N)cc21.CN(C)c1ccc2c(c1)Nc1cc(N(C)C)ccc1N2. The normalized spacial score (nSPS) is 12.2. The quantitative estimate of drug-likeness (QED) is 0.0996. The number of hydrogen-bond donors (Lipinski definition) is 5. The van der Waals surface area contributed by atoms with Gasteiger partial charge in [0.05, 0.1) is 45.5 Å². The van der Waals surface area contributed by atoms with E-state index in [1.807, 2.05) is 36.4 Å². The van der Waals surface area contributed by atoms with Gasteiger partial charge in [0.2, 0.25) is 0 Å². The number of hydrogen-bond acceptors (Lipinski definition) is 8. The van der Waals surface area contributed by atoms with Crippen molar-refractivity contribution in [1.29, 1.82) is 0 Å². The Bertz CT molecular complexity index is 1440. The van der Waals surface area contributed by atoms with Crippen molar-refractivity contribution in [3.05, 3.63) is 72.8 Å². The maximum atomic E-state index is 5.99. The molecule has 0 bridgehead atoms. The van der Waals surface area contributed by atoms with Gasteiger partial charge in [0.1, 0.15) is 0 Å². The number of nitrogens with one attached hydrogen (secondary N) is 3. The fourth-order valence-corrected chi connectivity index (χ4v) is 5.30. The van der Waals surface area contributed by atoms with Crippen molar-refractivity contribution in [2.45, 2.75) is 32.6 Å². The number of nitrogen functional groups attached to an aromatic ring is 2. The van der Waals surface area contributed by atoms with Crippen LogP contribution in [0.1, 0.15) is 32.6 Å². The Morgan fingerprint density at radius 2 is 1.00 bits per heavy atom. The molecule has 0 fully saturated rings. The fraction of sp³-hybridized carbons (Fsp3) is 0.294. The summed E-state index contributed by atoms with van der Waals surface area (Å²) in [5, 5.41) is 10.5. The minimum Gasteiger partial charge on any atom is -0.399 e. The average Bonchev–Trinajstić information content (AvgIpc) is 2.97. The molecule has 0 radical (unpaired) electrons. The van der Waals surface area contributed by atoms with Crippen LogP contribution >= 0.6 is 0 Å². The summed E-state index contributed by atoms with van der Waals surface area (Å²) < 4.78 is 0. The van der Waals surface area contributed by atoms with Crippen LogP contribution < -0.4 is 42.1 Å². The van der Waals surface area contributed by atoms with Gasteiger partial charge in [-0.15, -0.1) is 0 Å². The van der Waals surface area contributed by atoms with Gasteiger partial charge in [-0.2, -0.15) is 0 Å². The Morgan fingerprint density at radius 1 is 0.548 bits per heavy atom. The van der Waals surface area contributed by atoms with Crippen LogP contribution in [0.2, 0.25) is 0 Å². The first-order valence-electron chi connectivity index (χ1n) is 14.7. The third-order valence-electron chi connectivity index (χ3n) is 7.71. The lowest BCUT2D eigenvalue weighted by Crippen LogP contribution is -2.24. The van der Waals surface area contributed by atoms with Crippen molar-refractivity contribution in [2.24, 2.45) is 0 Å². The van der Waals surface area contributed by atoms with Crippen LogP contribution in [0.15, 0.2) is 72.8 Å². The molecule has 4 aromatic rings. The molecule has 0 saturated carbocycles. The van der Waals surface area contributed by atoms with E-state index in [9.17, 15) is 0 Å². The maximum Gasteiger partial charge on any atom is 0.0671 e. The van der Waals surface area contributed by atoms with Crippen molar-refractivity contribution in [2.75, 3.05) is 76.9 Å². The molecular weight excluding hydrogens is 520 g/mol. The zero-order chi connectivity index (χ0) is 29.8. The van der Waals surface area contributed by atoms with E-state index in [4.69, 9.17) is 11.5 Å². The number of unbranched alkanes of at least 4 members (excludes halogenated alkanes) is 3. The molecule has 0 aromatic heterocycles. The highest BCUT2D eigenvalue weighted by molar-refractivity contribution is 5.94. The van der Waals surface area contributed by atoms with Crippen molar-refractivity contribution in [1.82, 2.24) is 0 Å². The zero-order valence-electron chi connectivity index (χ0n) is 25.5. The second-order valence-corrected chi connectivity index (χ2v) is 11.4. The van der Waals surface area contributed by atoms with E-state index in [0.717, 1.165) is 69.8 Å². The molecule has 8 heteroatoms. The molecule has 0 saturated heterocycles. The molecule has 0 spiro atoms. The van der Waals surface area contributed by atoms with Crippen molar-refractivity contribution < 1.29 is 0 Å². The average molecular weight is 565 g/mol. The van der Waals surface area contributed by atoms with Gasteiger partial charge in [0.15, 0.2) is 0 Å². The van der Waals surface area contributed by atoms with Crippen LogP contribution in [0.3, 0.4) is 0 Å². The van der Waals surface area contributed by atoms with Gasteiger partial charge >= 0.3 is 0 Å². The summed E-state index contributed by atoms with van der Waals surface area (Å²) in [6, 6.07) is 24.8. The Hall–Kier alpha value is -4.72. The summed E-state index contributed by atoms with van der Waals surface area (Å²) in [5.41, 5.74) is 24.8.